The standard InChI is InChI=1S/C37H61N11O12/c1-19(49)29(42)35(57)48-30(20(2)50)36(58)43-22(12-6-8-14-38)31(53)46-26(18-28(41)52)34(56)45-24(16-21-10-4-3-5-11-21)32(54)47-25(17-27(40)51)33(55)44-23(37(59)60)13-7-9-15-39/h3-5,10-11,19-20,22-26,29-30,49-50H,6-9,12-18,38-39,42H2,1-2H3,(H2,40,51)(H2,41,52)(H,43,58)(H,44,55)(H,45,56)(H,46,53)(H,47,54)(H,48,57)(H,59,60)/t19-,20-,22+,23+,24+,25+,26+,29+,30+/m1/s1. The summed E-state index contributed by atoms with van der Waals surface area (Å²) < 4.78 is 0. The molecule has 0 saturated heterocycles. The molecule has 19 N–H and O–H groups in total. The molecule has 23 nitrogen and oxygen atoms in total. The van der Waals surface area contributed by atoms with Gasteiger partial charge >= 0.3 is 5.97 Å². The van der Waals surface area contributed by atoms with Crippen LogP contribution in [0.1, 0.15) is 70.8 Å². The lowest BCUT2D eigenvalue weighted by atomic mass is 10.0. The molecule has 60 heavy (non-hydrogen) atoms. The molecule has 1 aromatic carbocycles. The minimum absolute atomic E-state index is 0.0108. The van der Waals surface area contributed by atoms with Crippen LogP contribution in [0.4, 0.5) is 0 Å². The topological polar surface area (TPSA) is 417 Å². The number of aliphatic hydroxyl groups excluding tert-OH is 2. The third kappa shape index (κ3) is 19.3. The van der Waals surface area contributed by atoms with Crippen LogP contribution in [0.25, 0.3) is 0 Å². The number of rotatable bonds is 29. The van der Waals surface area contributed by atoms with Crippen molar-refractivity contribution in [2.45, 2.75) is 126 Å². The van der Waals surface area contributed by atoms with Gasteiger partial charge in [-0.2, -0.15) is 0 Å². The van der Waals surface area contributed by atoms with Crippen molar-refractivity contribution in [3.05, 3.63) is 35.9 Å². The van der Waals surface area contributed by atoms with Gasteiger partial charge in [-0.3, -0.25) is 38.4 Å². The van der Waals surface area contributed by atoms with E-state index in [1.165, 1.54) is 13.8 Å². The Bertz CT molecular complexity index is 1620. The highest BCUT2D eigenvalue weighted by molar-refractivity contribution is 5.99. The number of hydrogen-bond acceptors (Lipinski definition) is 14. The first kappa shape index (κ1) is 52.3. The Labute approximate surface area is 347 Å². The van der Waals surface area contributed by atoms with Crippen LogP contribution in [-0.2, 0) is 49.6 Å². The summed E-state index contributed by atoms with van der Waals surface area (Å²) in [5, 5.41) is 43.6. The van der Waals surface area contributed by atoms with Crippen molar-refractivity contribution in [2.24, 2.45) is 28.7 Å². The molecule has 1 rings (SSSR count). The molecule has 0 aromatic heterocycles. The van der Waals surface area contributed by atoms with Crippen LogP contribution < -0.4 is 60.6 Å². The summed E-state index contributed by atoms with van der Waals surface area (Å²) in [4.78, 5) is 116. The van der Waals surface area contributed by atoms with Crippen molar-refractivity contribution in [1.82, 2.24) is 31.9 Å². The first-order valence-corrected chi connectivity index (χ1v) is 19.4. The number of hydrogen-bond donors (Lipinski definition) is 14. The summed E-state index contributed by atoms with van der Waals surface area (Å²) in [6, 6.07) is -2.81. The van der Waals surface area contributed by atoms with E-state index in [0.29, 0.717) is 24.8 Å². The Kier molecular flexibility index (Phi) is 23.6. The summed E-state index contributed by atoms with van der Waals surface area (Å²) in [6.45, 7) is 2.90. The molecule has 9 atom stereocenters. The smallest absolute Gasteiger partial charge is 0.326 e. The predicted molar refractivity (Wildman–Crippen MR) is 214 cm³/mol. The number of benzene rings is 1. The van der Waals surface area contributed by atoms with Crippen LogP contribution in [0.2, 0.25) is 0 Å². The minimum atomic E-state index is -1.76. The lowest BCUT2D eigenvalue weighted by molar-refractivity contribution is -0.142. The van der Waals surface area contributed by atoms with Crippen LogP contribution in [0.15, 0.2) is 30.3 Å². The second-order valence-electron chi connectivity index (χ2n) is 14.2. The Hall–Kier alpha value is -5.75. The second kappa shape index (κ2) is 27.1. The van der Waals surface area contributed by atoms with Gasteiger partial charge in [0.25, 0.3) is 0 Å². The molecular weight excluding hydrogens is 790 g/mol. The van der Waals surface area contributed by atoms with Gasteiger partial charge in [0.2, 0.25) is 47.3 Å². The number of aliphatic hydroxyl groups is 2. The Balaban J connectivity index is 3.45. The van der Waals surface area contributed by atoms with E-state index in [1.807, 2.05) is 0 Å². The van der Waals surface area contributed by atoms with Gasteiger partial charge in [-0.25, -0.2) is 4.79 Å². The lowest BCUT2D eigenvalue weighted by Gasteiger charge is -2.28. The van der Waals surface area contributed by atoms with Crippen LogP contribution in [0.5, 0.6) is 0 Å². The van der Waals surface area contributed by atoms with E-state index in [9.17, 15) is 58.5 Å². The summed E-state index contributed by atoms with van der Waals surface area (Å²) in [7, 11) is 0. The number of nitrogens with two attached hydrogens (primary N) is 5. The van der Waals surface area contributed by atoms with Crippen molar-refractivity contribution in [1.29, 1.82) is 0 Å². The zero-order chi connectivity index (χ0) is 45.5. The quantitative estimate of drug-likeness (QED) is 0.0334. The van der Waals surface area contributed by atoms with Crippen molar-refractivity contribution >= 4 is 53.2 Å². The highest BCUT2D eigenvalue weighted by Crippen LogP contribution is 2.09. The SMILES string of the molecule is C[C@@H](O)[C@H](N)C(=O)N[C@H](C(=O)N[C@@H](CCCCN)C(=O)N[C@@H](CC(N)=O)C(=O)N[C@@H](Cc1ccccc1)C(=O)N[C@@H](CC(N)=O)C(=O)N[C@@H](CCCCN)C(=O)O)[C@@H](C)O. The number of carboxylic acids is 1. The number of unbranched alkanes of at least 4 members (excludes halogenated alkanes) is 2. The van der Waals surface area contributed by atoms with Gasteiger partial charge in [0.05, 0.1) is 25.0 Å². The molecule has 8 amide bonds. The van der Waals surface area contributed by atoms with Crippen LogP contribution in [0.3, 0.4) is 0 Å². The van der Waals surface area contributed by atoms with Crippen molar-refractivity contribution in [3.63, 3.8) is 0 Å². The molecular formula is C37H61N11O12. The molecule has 0 spiro atoms. The summed E-state index contributed by atoms with van der Waals surface area (Å²) >= 11 is 0. The molecule has 0 heterocycles. The van der Waals surface area contributed by atoms with Gasteiger partial charge < -0.3 is 75.9 Å². The Morgan fingerprint density at radius 1 is 0.550 bits per heavy atom. The van der Waals surface area contributed by atoms with Crippen molar-refractivity contribution in [2.75, 3.05) is 13.1 Å². The average Bonchev–Trinajstić information content (AvgIpc) is 3.17. The number of amides is 8. The number of aliphatic carboxylic acids is 1. The molecule has 0 aliphatic carbocycles. The number of carbonyl (C=O) groups is 9. The van der Waals surface area contributed by atoms with E-state index in [1.54, 1.807) is 30.3 Å². The minimum Gasteiger partial charge on any atom is -0.480 e. The van der Waals surface area contributed by atoms with Crippen molar-refractivity contribution in [3.8, 4) is 0 Å². The average molecular weight is 852 g/mol. The number of nitrogens with one attached hydrogen (secondary N) is 6. The van der Waals surface area contributed by atoms with Crippen LogP contribution >= 0.6 is 0 Å². The fourth-order valence-corrected chi connectivity index (χ4v) is 5.62. The van der Waals surface area contributed by atoms with Gasteiger partial charge in [-0.1, -0.05) is 30.3 Å². The molecule has 23 heteroatoms. The van der Waals surface area contributed by atoms with Gasteiger partial charge in [0.1, 0.15) is 42.3 Å². The number of primary amides is 2. The van der Waals surface area contributed by atoms with Gasteiger partial charge in [-0.05, 0) is 71.0 Å². The first-order valence-electron chi connectivity index (χ1n) is 19.4. The molecule has 0 bridgehead atoms. The molecule has 336 valence electrons. The Morgan fingerprint density at radius 2 is 0.967 bits per heavy atom. The van der Waals surface area contributed by atoms with Crippen LogP contribution in [-0.4, -0.2) is 136 Å². The third-order valence-corrected chi connectivity index (χ3v) is 9.02. The molecule has 0 aliphatic rings. The largest absolute Gasteiger partial charge is 0.480 e. The predicted octanol–water partition coefficient (Wildman–Crippen LogP) is -5.68. The summed E-state index contributed by atoms with van der Waals surface area (Å²) in [6.07, 6.45) is -3.26. The fraction of sp³-hybridized carbons (Fsp3) is 0.595. The third-order valence-electron chi connectivity index (χ3n) is 9.02. The van der Waals surface area contributed by atoms with Gasteiger partial charge in [0, 0.05) is 6.42 Å². The van der Waals surface area contributed by atoms with E-state index < -0.39 is 121 Å². The zero-order valence-electron chi connectivity index (χ0n) is 33.8. The van der Waals surface area contributed by atoms with Gasteiger partial charge in [0.15, 0.2) is 0 Å². The van der Waals surface area contributed by atoms with Crippen LogP contribution in [0, 0.1) is 0 Å². The lowest BCUT2D eigenvalue weighted by Crippen LogP contribution is -2.62. The maximum atomic E-state index is 13.8. The van der Waals surface area contributed by atoms with Gasteiger partial charge in [-0.15, -0.1) is 0 Å². The molecule has 0 saturated carbocycles. The molecule has 0 unspecified atom stereocenters. The normalized spacial score (nSPS) is 15.5. The first-order chi connectivity index (χ1) is 28.2. The van der Waals surface area contributed by atoms with E-state index >= 15 is 0 Å². The molecule has 0 fully saturated rings. The fourth-order valence-electron chi connectivity index (χ4n) is 5.62. The Morgan fingerprint density at radius 3 is 1.40 bits per heavy atom. The highest BCUT2D eigenvalue weighted by Gasteiger charge is 2.35. The second-order valence-corrected chi connectivity index (χ2v) is 14.2. The van der Waals surface area contributed by atoms with E-state index in [0.717, 1.165) is 0 Å². The molecule has 1 aromatic rings. The summed E-state index contributed by atoms with van der Waals surface area (Å²) in [5.74, 6) is -9.73. The molecule has 0 aliphatic heterocycles. The maximum Gasteiger partial charge on any atom is 0.326 e. The summed E-state index contributed by atoms with van der Waals surface area (Å²) in [5.41, 5.74) is 28.0. The van der Waals surface area contributed by atoms with E-state index in [-0.39, 0.29) is 38.8 Å². The number of carbonyl (C=O) groups excluding carboxylic acids is 8. The molecule has 0 radical (unpaired) electrons. The number of carboxylic acid groups (broad SMARTS) is 1. The highest BCUT2D eigenvalue weighted by atomic mass is 16.4. The zero-order valence-corrected chi connectivity index (χ0v) is 33.8. The van der Waals surface area contributed by atoms with E-state index in [4.69, 9.17) is 28.7 Å². The van der Waals surface area contributed by atoms with Crippen molar-refractivity contribution < 1.29 is 58.5 Å². The monoisotopic (exact) mass is 851 g/mol. The van der Waals surface area contributed by atoms with E-state index in [2.05, 4.69) is 31.9 Å². The maximum absolute atomic E-state index is 13.8.